The molecule has 1 aromatic rings. The zero-order chi connectivity index (χ0) is 10.9. The van der Waals surface area contributed by atoms with E-state index in [4.69, 9.17) is 5.73 Å². The van der Waals surface area contributed by atoms with Crippen LogP contribution < -0.4 is 5.73 Å². The Balaban J connectivity index is 3.20. The molecule has 14 heavy (non-hydrogen) atoms. The van der Waals surface area contributed by atoms with Gasteiger partial charge in [0.1, 0.15) is 5.75 Å². The first-order valence-corrected chi connectivity index (χ1v) is 4.67. The summed E-state index contributed by atoms with van der Waals surface area (Å²) in [6.07, 6.45) is -0.586. The molecule has 0 amide bonds. The average Bonchev–Trinajstić information content (AvgIpc) is 2.01. The van der Waals surface area contributed by atoms with Gasteiger partial charge in [-0.2, -0.15) is 0 Å². The lowest BCUT2D eigenvalue weighted by Crippen LogP contribution is -2.24. The molecule has 1 rings (SSSR count). The molecule has 0 aliphatic carbocycles. The number of aliphatic hydroxyl groups is 1. The summed E-state index contributed by atoms with van der Waals surface area (Å²) in [4.78, 5) is 0. The van der Waals surface area contributed by atoms with Crippen molar-refractivity contribution >= 4 is 0 Å². The van der Waals surface area contributed by atoms with E-state index in [1.165, 1.54) is 0 Å². The Hall–Kier alpha value is -1.06. The van der Waals surface area contributed by atoms with Crippen molar-refractivity contribution in [3.05, 3.63) is 28.8 Å². The number of aryl methyl sites for hydroxylation is 2. The smallest absolute Gasteiger partial charge is 0.116 e. The highest BCUT2D eigenvalue weighted by atomic mass is 16.3. The van der Waals surface area contributed by atoms with Crippen LogP contribution in [-0.4, -0.2) is 16.3 Å². The second-order valence-electron chi connectivity index (χ2n) is 3.76. The number of aromatic hydroxyl groups is 1. The number of phenols is 1. The van der Waals surface area contributed by atoms with Gasteiger partial charge in [-0.15, -0.1) is 0 Å². The molecular weight excluding hydrogens is 178 g/mol. The maximum Gasteiger partial charge on any atom is 0.116 e. The minimum absolute atomic E-state index is 0.238. The SMILES string of the molecule is Cc1cc(O)cc(C)c1C(N)C(C)O. The van der Waals surface area contributed by atoms with E-state index in [2.05, 4.69) is 0 Å². The molecule has 1 aromatic carbocycles. The molecule has 4 N–H and O–H groups in total. The predicted octanol–water partition coefficient (Wildman–Crippen LogP) is 1.39. The largest absolute Gasteiger partial charge is 0.508 e. The van der Waals surface area contributed by atoms with Crippen molar-refractivity contribution in [1.82, 2.24) is 0 Å². The molecule has 2 unspecified atom stereocenters. The lowest BCUT2D eigenvalue weighted by Gasteiger charge is -2.20. The fourth-order valence-corrected chi connectivity index (χ4v) is 1.72. The first kappa shape index (κ1) is 11.0. The van der Waals surface area contributed by atoms with Gasteiger partial charge in [-0.3, -0.25) is 0 Å². The average molecular weight is 195 g/mol. The number of nitrogens with two attached hydrogens (primary N) is 1. The second-order valence-corrected chi connectivity index (χ2v) is 3.76. The molecule has 2 atom stereocenters. The Bertz CT molecular complexity index is 311. The van der Waals surface area contributed by atoms with Gasteiger partial charge in [0.25, 0.3) is 0 Å². The Labute approximate surface area is 84.2 Å². The van der Waals surface area contributed by atoms with Gasteiger partial charge in [-0.05, 0) is 49.6 Å². The molecule has 0 heterocycles. The van der Waals surface area contributed by atoms with Crippen LogP contribution in [-0.2, 0) is 0 Å². The maximum absolute atomic E-state index is 9.41. The van der Waals surface area contributed by atoms with Gasteiger partial charge in [0.2, 0.25) is 0 Å². The van der Waals surface area contributed by atoms with E-state index in [0.29, 0.717) is 0 Å². The van der Waals surface area contributed by atoms with Gasteiger partial charge in [0.05, 0.1) is 12.1 Å². The molecule has 0 fully saturated rings. The Kier molecular flexibility index (Phi) is 3.13. The summed E-state index contributed by atoms with van der Waals surface area (Å²) in [5, 5.41) is 18.7. The second kappa shape index (κ2) is 3.98. The minimum atomic E-state index is -0.586. The third kappa shape index (κ3) is 2.05. The van der Waals surface area contributed by atoms with Gasteiger partial charge in [-0.25, -0.2) is 0 Å². The van der Waals surface area contributed by atoms with Crippen molar-refractivity contribution in [2.45, 2.75) is 32.9 Å². The molecule has 0 aliphatic heterocycles. The van der Waals surface area contributed by atoms with E-state index in [1.807, 2.05) is 13.8 Å². The number of hydrogen-bond acceptors (Lipinski definition) is 3. The summed E-state index contributed by atoms with van der Waals surface area (Å²) in [6.45, 7) is 5.42. The van der Waals surface area contributed by atoms with E-state index in [0.717, 1.165) is 16.7 Å². The summed E-state index contributed by atoms with van der Waals surface area (Å²) in [7, 11) is 0. The summed E-state index contributed by atoms with van der Waals surface area (Å²) in [5.41, 5.74) is 8.60. The van der Waals surface area contributed by atoms with Crippen molar-refractivity contribution in [2.75, 3.05) is 0 Å². The lowest BCUT2D eigenvalue weighted by atomic mass is 9.93. The van der Waals surface area contributed by atoms with Crippen molar-refractivity contribution in [1.29, 1.82) is 0 Å². The van der Waals surface area contributed by atoms with Gasteiger partial charge in [-0.1, -0.05) is 0 Å². The highest BCUT2D eigenvalue weighted by molar-refractivity contribution is 5.42. The highest BCUT2D eigenvalue weighted by Gasteiger charge is 2.17. The monoisotopic (exact) mass is 195 g/mol. The van der Waals surface area contributed by atoms with Crippen LogP contribution in [0.5, 0.6) is 5.75 Å². The Morgan fingerprint density at radius 2 is 1.64 bits per heavy atom. The number of hydrogen-bond donors (Lipinski definition) is 3. The van der Waals surface area contributed by atoms with Gasteiger partial charge < -0.3 is 15.9 Å². The Morgan fingerprint density at radius 1 is 1.21 bits per heavy atom. The van der Waals surface area contributed by atoms with Crippen molar-refractivity contribution in [3.63, 3.8) is 0 Å². The molecule has 0 radical (unpaired) electrons. The van der Waals surface area contributed by atoms with E-state index in [9.17, 15) is 10.2 Å². The third-order valence-electron chi connectivity index (χ3n) is 2.43. The van der Waals surface area contributed by atoms with Crippen LogP contribution in [0.4, 0.5) is 0 Å². The molecule has 0 aromatic heterocycles. The van der Waals surface area contributed by atoms with E-state index >= 15 is 0 Å². The molecule has 0 bridgehead atoms. The van der Waals surface area contributed by atoms with E-state index in [1.54, 1.807) is 19.1 Å². The molecule has 3 heteroatoms. The molecule has 0 saturated heterocycles. The van der Waals surface area contributed by atoms with Crippen LogP contribution in [0.15, 0.2) is 12.1 Å². The molecule has 0 aliphatic rings. The topological polar surface area (TPSA) is 66.5 Å². The van der Waals surface area contributed by atoms with Crippen LogP contribution in [0.3, 0.4) is 0 Å². The van der Waals surface area contributed by atoms with Crippen molar-refractivity contribution < 1.29 is 10.2 Å². The number of aliphatic hydroxyl groups excluding tert-OH is 1. The summed E-state index contributed by atoms with van der Waals surface area (Å²) < 4.78 is 0. The summed E-state index contributed by atoms with van der Waals surface area (Å²) in [5.74, 6) is 0.238. The fourth-order valence-electron chi connectivity index (χ4n) is 1.72. The van der Waals surface area contributed by atoms with Crippen molar-refractivity contribution in [2.24, 2.45) is 5.73 Å². The number of benzene rings is 1. The Morgan fingerprint density at radius 3 is 2.00 bits per heavy atom. The lowest BCUT2D eigenvalue weighted by molar-refractivity contribution is 0.163. The van der Waals surface area contributed by atoms with Gasteiger partial charge in [0.15, 0.2) is 0 Å². The van der Waals surface area contributed by atoms with Gasteiger partial charge in [0, 0.05) is 0 Å². The van der Waals surface area contributed by atoms with Crippen LogP contribution in [0.2, 0.25) is 0 Å². The van der Waals surface area contributed by atoms with E-state index < -0.39 is 12.1 Å². The summed E-state index contributed by atoms with van der Waals surface area (Å²) >= 11 is 0. The molecular formula is C11H17NO2. The standard InChI is InChI=1S/C11H17NO2/c1-6-4-9(14)5-7(2)10(6)11(12)8(3)13/h4-5,8,11,13-14H,12H2,1-3H3. The van der Waals surface area contributed by atoms with Crippen molar-refractivity contribution in [3.8, 4) is 5.75 Å². The van der Waals surface area contributed by atoms with E-state index in [-0.39, 0.29) is 5.75 Å². The summed E-state index contributed by atoms with van der Waals surface area (Å²) in [6, 6.07) is 2.92. The molecule has 0 saturated carbocycles. The highest BCUT2D eigenvalue weighted by Crippen LogP contribution is 2.26. The first-order valence-electron chi connectivity index (χ1n) is 4.67. The van der Waals surface area contributed by atoms with Crippen LogP contribution >= 0.6 is 0 Å². The quantitative estimate of drug-likeness (QED) is 0.668. The molecule has 78 valence electrons. The third-order valence-corrected chi connectivity index (χ3v) is 2.43. The number of phenolic OH excluding ortho intramolecular Hbond substituents is 1. The predicted molar refractivity (Wildman–Crippen MR) is 56.2 cm³/mol. The zero-order valence-corrected chi connectivity index (χ0v) is 8.78. The maximum atomic E-state index is 9.41. The van der Waals surface area contributed by atoms with Crippen LogP contribution in [0, 0.1) is 13.8 Å². The minimum Gasteiger partial charge on any atom is -0.508 e. The van der Waals surface area contributed by atoms with Crippen LogP contribution in [0.25, 0.3) is 0 Å². The molecule has 0 spiro atoms. The zero-order valence-electron chi connectivity index (χ0n) is 8.78. The molecule has 3 nitrogen and oxygen atoms in total. The fraction of sp³-hybridized carbons (Fsp3) is 0.455. The normalized spacial score (nSPS) is 15.2. The van der Waals surface area contributed by atoms with Gasteiger partial charge >= 0.3 is 0 Å². The number of rotatable bonds is 2. The first-order chi connectivity index (χ1) is 6.43. The van der Waals surface area contributed by atoms with Crippen LogP contribution in [0.1, 0.15) is 29.7 Å².